The summed E-state index contributed by atoms with van der Waals surface area (Å²) in [5.41, 5.74) is 0.905. The van der Waals surface area contributed by atoms with Crippen molar-refractivity contribution in [3.8, 4) is 0 Å². The van der Waals surface area contributed by atoms with Crippen LogP contribution in [0.5, 0.6) is 0 Å². The molecule has 0 aliphatic carbocycles. The number of nitrogens with zero attached hydrogens (tertiary/aromatic N) is 4. The Balaban J connectivity index is 2.17. The molecule has 0 radical (unpaired) electrons. The van der Waals surface area contributed by atoms with Crippen LogP contribution in [-0.2, 0) is 13.0 Å². The molecule has 1 N–H and O–H groups in total. The molecule has 0 aliphatic rings. The van der Waals surface area contributed by atoms with Crippen molar-refractivity contribution in [1.82, 2.24) is 19.7 Å². The average molecular weight is 252 g/mol. The summed E-state index contributed by atoms with van der Waals surface area (Å²) in [5, 5.41) is 15.3. The summed E-state index contributed by atoms with van der Waals surface area (Å²) in [6.07, 6.45) is 1.46. The van der Waals surface area contributed by atoms with Gasteiger partial charge in [0.15, 0.2) is 0 Å². The summed E-state index contributed by atoms with van der Waals surface area (Å²) < 4.78 is 1.80. The largest absolute Gasteiger partial charge is 0.387 e. The van der Waals surface area contributed by atoms with E-state index in [4.69, 9.17) is 0 Å². The minimum atomic E-state index is -0.546. The van der Waals surface area contributed by atoms with Gasteiger partial charge >= 0.3 is 0 Å². The van der Waals surface area contributed by atoms with Gasteiger partial charge < -0.3 is 5.11 Å². The van der Waals surface area contributed by atoms with Gasteiger partial charge in [0.1, 0.15) is 12.2 Å². The van der Waals surface area contributed by atoms with E-state index >= 15 is 0 Å². The third-order valence-corrected chi connectivity index (χ3v) is 3.79. The molecule has 0 saturated heterocycles. The fraction of sp³-hybridized carbons (Fsp3) is 0.545. The molecule has 1 atom stereocenters. The number of hydrogen-bond donors (Lipinski definition) is 1. The molecule has 1 unspecified atom stereocenters. The first-order chi connectivity index (χ1) is 8.11. The third-order valence-electron chi connectivity index (χ3n) is 2.61. The zero-order valence-electron chi connectivity index (χ0n) is 10.2. The highest BCUT2D eigenvalue weighted by molar-refractivity contribution is 7.11. The highest BCUT2D eigenvalue weighted by atomic mass is 32.1. The summed E-state index contributed by atoms with van der Waals surface area (Å²) in [5.74, 6) is 0.811. The maximum Gasteiger partial charge on any atom is 0.138 e. The summed E-state index contributed by atoms with van der Waals surface area (Å²) in [6, 6.07) is 0. The molecule has 0 amide bonds. The lowest BCUT2D eigenvalue weighted by Crippen LogP contribution is -2.09. The summed E-state index contributed by atoms with van der Waals surface area (Å²) in [6.45, 7) is 6.64. The number of aliphatic hydroxyl groups is 1. The molecule has 0 saturated carbocycles. The SMILES string of the molecule is CCn1ncnc1CC(O)c1sc(C)nc1C. The second kappa shape index (κ2) is 4.93. The Morgan fingerprint density at radius 3 is 2.82 bits per heavy atom. The molecular weight excluding hydrogens is 236 g/mol. The molecule has 5 nitrogen and oxygen atoms in total. The van der Waals surface area contributed by atoms with Gasteiger partial charge in [-0.25, -0.2) is 9.97 Å². The highest BCUT2D eigenvalue weighted by Gasteiger charge is 2.17. The molecule has 0 bridgehead atoms. The molecule has 0 aliphatic heterocycles. The van der Waals surface area contributed by atoms with Gasteiger partial charge in [-0.3, -0.25) is 4.68 Å². The Kier molecular flexibility index (Phi) is 3.54. The molecular formula is C11H16N4OS. The van der Waals surface area contributed by atoms with Gasteiger partial charge in [-0.2, -0.15) is 5.10 Å². The molecule has 92 valence electrons. The van der Waals surface area contributed by atoms with Crippen LogP contribution in [0.15, 0.2) is 6.33 Å². The maximum atomic E-state index is 10.2. The molecule has 0 spiro atoms. The van der Waals surface area contributed by atoms with Crippen LogP contribution in [0.25, 0.3) is 0 Å². The monoisotopic (exact) mass is 252 g/mol. The van der Waals surface area contributed by atoms with Crippen LogP contribution in [-0.4, -0.2) is 24.9 Å². The van der Waals surface area contributed by atoms with Crippen molar-refractivity contribution in [3.05, 3.63) is 27.7 Å². The maximum absolute atomic E-state index is 10.2. The minimum Gasteiger partial charge on any atom is -0.387 e. The van der Waals surface area contributed by atoms with Crippen molar-refractivity contribution in [1.29, 1.82) is 0 Å². The minimum absolute atomic E-state index is 0.482. The topological polar surface area (TPSA) is 63.8 Å². The normalized spacial score (nSPS) is 12.9. The smallest absolute Gasteiger partial charge is 0.138 e. The van der Waals surface area contributed by atoms with Crippen LogP contribution < -0.4 is 0 Å². The Hall–Kier alpha value is -1.27. The van der Waals surface area contributed by atoms with Crippen LogP contribution in [0.2, 0.25) is 0 Å². The van der Waals surface area contributed by atoms with Crippen LogP contribution in [0.4, 0.5) is 0 Å². The molecule has 2 aromatic rings. The molecule has 6 heteroatoms. The van der Waals surface area contributed by atoms with E-state index in [0.717, 1.165) is 27.9 Å². The first-order valence-electron chi connectivity index (χ1n) is 5.60. The van der Waals surface area contributed by atoms with Gasteiger partial charge in [0, 0.05) is 13.0 Å². The van der Waals surface area contributed by atoms with Crippen LogP contribution >= 0.6 is 11.3 Å². The second-order valence-electron chi connectivity index (χ2n) is 3.89. The van der Waals surface area contributed by atoms with E-state index in [1.165, 1.54) is 17.7 Å². The lowest BCUT2D eigenvalue weighted by molar-refractivity contribution is 0.177. The van der Waals surface area contributed by atoms with Crippen molar-refractivity contribution in [3.63, 3.8) is 0 Å². The zero-order valence-corrected chi connectivity index (χ0v) is 11.0. The number of thiazole rings is 1. The number of rotatable bonds is 4. The molecule has 2 rings (SSSR count). The molecule has 0 aromatic carbocycles. The van der Waals surface area contributed by atoms with E-state index in [1.807, 2.05) is 20.8 Å². The van der Waals surface area contributed by atoms with Gasteiger partial charge in [-0.1, -0.05) is 0 Å². The first kappa shape index (κ1) is 12.2. The Morgan fingerprint density at radius 1 is 1.47 bits per heavy atom. The van der Waals surface area contributed by atoms with Gasteiger partial charge in [-0.05, 0) is 20.8 Å². The van der Waals surface area contributed by atoms with E-state index in [2.05, 4.69) is 15.1 Å². The zero-order chi connectivity index (χ0) is 12.4. The predicted molar refractivity (Wildman–Crippen MR) is 65.9 cm³/mol. The van der Waals surface area contributed by atoms with Gasteiger partial charge in [0.25, 0.3) is 0 Å². The van der Waals surface area contributed by atoms with Crippen molar-refractivity contribution >= 4 is 11.3 Å². The number of hydrogen-bond acceptors (Lipinski definition) is 5. The lowest BCUT2D eigenvalue weighted by Gasteiger charge is -2.09. The summed E-state index contributed by atoms with van der Waals surface area (Å²) in [4.78, 5) is 9.41. The first-order valence-corrected chi connectivity index (χ1v) is 6.42. The van der Waals surface area contributed by atoms with Crippen LogP contribution in [0, 0.1) is 13.8 Å². The van der Waals surface area contributed by atoms with E-state index in [1.54, 1.807) is 4.68 Å². The van der Waals surface area contributed by atoms with E-state index in [9.17, 15) is 5.11 Å². The van der Waals surface area contributed by atoms with Gasteiger partial charge in [-0.15, -0.1) is 11.3 Å². The summed E-state index contributed by atoms with van der Waals surface area (Å²) >= 11 is 1.54. The average Bonchev–Trinajstić information content (AvgIpc) is 2.84. The van der Waals surface area contributed by atoms with E-state index in [0.29, 0.717) is 6.42 Å². The van der Waals surface area contributed by atoms with Crippen molar-refractivity contribution in [2.45, 2.75) is 39.8 Å². The Bertz CT molecular complexity index is 505. The fourth-order valence-corrected chi connectivity index (χ4v) is 2.75. The van der Waals surface area contributed by atoms with Crippen molar-refractivity contribution < 1.29 is 5.11 Å². The number of aryl methyl sites for hydroxylation is 3. The highest BCUT2D eigenvalue weighted by Crippen LogP contribution is 2.26. The second-order valence-corrected chi connectivity index (χ2v) is 5.13. The molecule has 17 heavy (non-hydrogen) atoms. The summed E-state index contributed by atoms with van der Waals surface area (Å²) in [7, 11) is 0. The third kappa shape index (κ3) is 2.53. The van der Waals surface area contributed by atoms with E-state index in [-0.39, 0.29) is 0 Å². The van der Waals surface area contributed by atoms with Gasteiger partial charge in [0.05, 0.1) is 21.7 Å². The van der Waals surface area contributed by atoms with Gasteiger partial charge in [0.2, 0.25) is 0 Å². The predicted octanol–water partition coefficient (Wildman–Crippen LogP) is 1.65. The number of aliphatic hydroxyl groups excluding tert-OH is 1. The molecule has 2 heterocycles. The van der Waals surface area contributed by atoms with E-state index < -0.39 is 6.10 Å². The number of aromatic nitrogens is 4. The van der Waals surface area contributed by atoms with Crippen LogP contribution in [0.3, 0.4) is 0 Å². The van der Waals surface area contributed by atoms with Crippen molar-refractivity contribution in [2.75, 3.05) is 0 Å². The quantitative estimate of drug-likeness (QED) is 0.898. The Morgan fingerprint density at radius 2 is 2.24 bits per heavy atom. The van der Waals surface area contributed by atoms with Crippen molar-refractivity contribution in [2.24, 2.45) is 0 Å². The lowest BCUT2D eigenvalue weighted by atomic mass is 10.2. The molecule has 2 aromatic heterocycles. The fourth-order valence-electron chi connectivity index (χ4n) is 1.83. The Labute approximate surface area is 104 Å². The standard InChI is InChI=1S/C11H16N4OS/c1-4-15-10(12-6-13-15)5-9(16)11-7(2)14-8(3)17-11/h6,9,16H,4-5H2,1-3H3. The van der Waals surface area contributed by atoms with Crippen LogP contribution in [0.1, 0.15) is 34.4 Å². The molecule has 0 fully saturated rings.